The lowest BCUT2D eigenvalue weighted by Crippen LogP contribution is -2.29. The summed E-state index contributed by atoms with van der Waals surface area (Å²) < 4.78 is 5.45. The van der Waals surface area contributed by atoms with E-state index in [0.717, 1.165) is 0 Å². The fourth-order valence-electron chi connectivity index (χ4n) is 3.88. The number of likely N-dealkylation sites (tertiary alicyclic amines) is 1. The van der Waals surface area contributed by atoms with E-state index in [1.54, 1.807) is 54.9 Å². The molecule has 0 bridgehead atoms. The van der Waals surface area contributed by atoms with E-state index in [9.17, 15) is 24.8 Å². The van der Waals surface area contributed by atoms with Crippen molar-refractivity contribution in [3.8, 4) is 5.75 Å². The number of hydrogen-bond donors (Lipinski definition) is 1. The van der Waals surface area contributed by atoms with Crippen LogP contribution >= 0.6 is 0 Å². The predicted molar refractivity (Wildman–Crippen MR) is 127 cm³/mol. The van der Waals surface area contributed by atoms with Crippen molar-refractivity contribution in [2.75, 3.05) is 6.61 Å². The number of aliphatic hydroxyl groups is 1. The van der Waals surface area contributed by atoms with Crippen LogP contribution in [-0.2, 0) is 16.1 Å². The Bertz CT molecular complexity index is 1300. The van der Waals surface area contributed by atoms with Crippen LogP contribution in [-0.4, -0.2) is 38.2 Å². The number of carbonyl (C=O) groups is 2. The van der Waals surface area contributed by atoms with E-state index in [1.165, 1.54) is 29.2 Å². The first-order chi connectivity index (χ1) is 16.9. The molecule has 3 aromatic rings. The van der Waals surface area contributed by atoms with Gasteiger partial charge in [0.2, 0.25) is 0 Å². The van der Waals surface area contributed by atoms with Gasteiger partial charge in [-0.2, -0.15) is 0 Å². The Labute approximate surface area is 200 Å². The van der Waals surface area contributed by atoms with Gasteiger partial charge in [-0.15, -0.1) is 0 Å². The Morgan fingerprint density at radius 3 is 2.46 bits per heavy atom. The zero-order valence-electron chi connectivity index (χ0n) is 18.5. The van der Waals surface area contributed by atoms with Gasteiger partial charge < -0.3 is 14.7 Å². The zero-order valence-corrected chi connectivity index (χ0v) is 18.5. The lowest BCUT2D eigenvalue weighted by molar-refractivity contribution is -0.384. The quantitative estimate of drug-likeness (QED) is 0.131. The highest BCUT2D eigenvalue weighted by atomic mass is 16.6. The Morgan fingerprint density at radius 1 is 1.14 bits per heavy atom. The number of aliphatic hydroxyl groups excluding tert-OH is 1. The third-order valence-corrected chi connectivity index (χ3v) is 5.53. The number of non-ortho nitro benzene ring substituents is 1. The number of ether oxygens (including phenoxy) is 1. The molecule has 1 amide bonds. The van der Waals surface area contributed by atoms with Crippen LogP contribution in [0.5, 0.6) is 5.75 Å². The van der Waals surface area contributed by atoms with E-state index in [1.807, 2.05) is 0 Å². The summed E-state index contributed by atoms with van der Waals surface area (Å²) >= 11 is 0. The van der Waals surface area contributed by atoms with E-state index in [2.05, 4.69) is 11.6 Å². The van der Waals surface area contributed by atoms with Gasteiger partial charge in [0.25, 0.3) is 17.4 Å². The first kappa shape index (κ1) is 23.4. The van der Waals surface area contributed by atoms with Gasteiger partial charge in [-0.25, -0.2) is 0 Å². The highest BCUT2D eigenvalue weighted by Crippen LogP contribution is 2.40. The first-order valence-electron chi connectivity index (χ1n) is 10.7. The number of carbonyl (C=O) groups excluding carboxylic acids is 2. The molecule has 0 unspecified atom stereocenters. The topological polar surface area (TPSA) is 123 Å². The molecule has 2 heterocycles. The highest BCUT2D eigenvalue weighted by Gasteiger charge is 2.46. The Hall–Kier alpha value is -4.79. The molecule has 1 aliphatic heterocycles. The third kappa shape index (κ3) is 4.79. The molecule has 9 heteroatoms. The maximum absolute atomic E-state index is 13.1. The largest absolute Gasteiger partial charge is 0.507 e. The van der Waals surface area contributed by atoms with Crippen LogP contribution in [0.4, 0.5) is 5.69 Å². The number of hydrogen-bond acceptors (Lipinski definition) is 7. The monoisotopic (exact) mass is 471 g/mol. The number of Topliss-reactive ketones (excluding diaryl/α,β-unsaturated/α-hetero) is 1. The summed E-state index contributed by atoms with van der Waals surface area (Å²) in [6.07, 6.45) is 4.77. The van der Waals surface area contributed by atoms with Gasteiger partial charge in [0.1, 0.15) is 18.1 Å². The molecular weight excluding hydrogens is 450 g/mol. The third-order valence-electron chi connectivity index (χ3n) is 5.53. The fraction of sp³-hybridized carbons (Fsp3) is 0.115. The minimum absolute atomic E-state index is 0.0607. The lowest BCUT2D eigenvalue weighted by atomic mass is 9.95. The Balaban J connectivity index is 1.79. The van der Waals surface area contributed by atoms with Crippen LogP contribution in [0.2, 0.25) is 0 Å². The molecule has 1 N–H and O–H groups in total. The number of rotatable bonds is 8. The Kier molecular flexibility index (Phi) is 6.68. The van der Waals surface area contributed by atoms with Crippen molar-refractivity contribution >= 4 is 23.1 Å². The second kappa shape index (κ2) is 10.0. The van der Waals surface area contributed by atoms with Crippen molar-refractivity contribution in [1.29, 1.82) is 0 Å². The number of aromatic nitrogens is 1. The summed E-state index contributed by atoms with van der Waals surface area (Å²) in [7, 11) is 0. The lowest BCUT2D eigenvalue weighted by Gasteiger charge is -2.25. The van der Waals surface area contributed by atoms with Gasteiger partial charge in [-0.3, -0.25) is 24.7 Å². The van der Waals surface area contributed by atoms with Gasteiger partial charge in [0.05, 0.1) is 16.5 Å². The number of nitrogens with zero attached hydrogens (tertiary/aromatic N) is 3. The van der Waals surface area contributed by atoms with Crippen molar-refractivity contribution < 1.29 is 24.4 Å². The maximum atomic E-state index is 13.1. The van der Waals surface area contributed by atoms with Crippen LogP contribution in [0.15, 0.2) is 91.3 Å². The molecule has 0 saturated carbocycles. The van der Waals surface area contributed by atoms with E-state index in [0.29, 0.717) is 29.0 Å². The molecule has 1 aliphatic rings. The highest BCUT2D eigenvalue weighted by molar-refractivity contribution is 6.46. The molecular formula is C26H21N3O6. The normalized spacial score (nSPS) is 16.8. The van der Waals surface area contributed by atoms with E-state index in [4.69, 9.17) is 4.74 Å². The Morgan fingerprint density at radius 2 is 1.86 bits per heavy atom. The summed E-state index contributed by atoms with van der Waals surface area (Å²) in [4.78, 5) is 42.1. The minimum atomic E-state index is -0.951. The molecule has 1 saturated heterocycles. The maximum Gasteiger partial charge on any atom is 0.295 e. The molecule has 176 valence electrons. The number of ketones is 1. The molecule has 4 rings (SSSR count). The summed E-state index contributed by atoms with van der Waals surface area (Å²) in [5, 5.41) is 22.2. The second-order valence-electron chi connectivity index (χ2n) is 7.76. The van der Waals surface area contributed by atoms with E-state index >= 15 is 0 Å². The molecule has 2 aromatic carbocycles. The second-order valence-corrected chi connectivity index (χ2v) is 7.76. The van der Waals surface area contributed by atoms with Gasteiger partial charge >= 0.3 is 0 Å². The number of nitro benzene ring substituents is 1. The number of nitro groups is 1. The molecule has 1 aromatic heterocycles. The van der Waals surface area contributed by atoms with Crippen LogP contribution < -0.4 is 4.74 Å². The van der Waals surface area contributed by atoms with Crippen LogP contribution in [0.3, 0.4) is 0 Å². The SMILES string of the molecule is C=CCOc1ccc(C(O)=C2C(=O)C(=O)N(Cc3cccnc3)[C@H]2c2ccc([N+](=O)[O-])cc2)cc1. The number of pyridine rings is 1. The van der Waals surface area contributed by atoms with Gasteiger partial charge in [0.15, 0.2) is 0 Å². The molecule has 0 radical (unpaired) electrons. The van der Waals surface area contributed by atoms with Gasteiger partial charge in [-0.1, -0.05) is 18.7 Å². The number of benzene rings is 2. The summed E-state index contributed by atoms with van der Waals surface area (Å²) in [6, 6.07) is 14.5. The molecule has 0 aliphatic carbocycles. The van der Waals surface area contributed by atoms with Crippen molar-refractivity contribution in [3.05, 3.63) is 118 Å². The summed E-state index contributed by atoms with van der Waals surface area (Å²) in [5.41, 5.74) is 1.22. The summed E-state index contributed by atoms with van der Waals surface area (Å²) in [6.45, 7) is 3.96. The van der Waals surface area contributed by atoms with Crippen molar-refractivity contribution in [2.45, 2.75) is 12.6 Å². The van der Waals surface area contributed by atoms with E-state index < -0.39 is 22.7 Å². The van der Waals surface area contributed by atoms with Gasteiger partial charge in [-0.05, 0) is 53.6 Å². The van der Waals surface area contributed by atoms with Crippen LogP contribution in [0.25, 0.3) is 5.76 Å². The average Bonchev–Trinajstić information content (AvgIpc) is 3.13. The van der Waals surface area contributed by atoms with E-state index in [-0.39, 0.29) is 23.6 Å². The minimum Gasteiger partial charge on any atom is -0.507 e. The smallest absolute Gasteiger partial charge is 0.295 e. The number of amides is 1. The molecule has 0 spiro atoms. The van der Waals surface area contributed by atoms with Crippen molar-refractivity contribution in [3.63, 3.8) is 0 Å². The molecule has 1 atom stereocenters. The van der Waals surface area contributed by atoms with Gasteiger partial charge in [0, 0.05) is 36.6 Å². The van der Waals surface area contributed by atoms with Crippen LogP contribution in [0, 0.1) is 10.1 Å². The zero-order chi connectivity index (χ0) is 24.9. The van der Waals surface area contributed by atoms with Crippen molar-refractivity contribution in [2.24, 2.45) is 0 Å². The standard InChI is InChI=1S/C26H21N3O6/c1-2-14-35-21-11-7-19(8-12-21)24(30)22-23(18-5-9-20(10-6-18)29(33)34)28(26(32)25(22)31)16-17-4-3-13-27-15-17/h2-13,15,23,30H,1,14,16H2/t23-/m0/s1. The molecule has 35 heavy (non-hydrogen) atoms. The van der Waals surface area contributed by atoms with Crippen molar-refractivity contribution in [1.82, 2.24) is 9.88 Å². The molecule has 9 nitrogen and oxygen atoms in total. The summed E-state index contributed by atoms with van der Waals surface area (Å²) in [5.74, 6) is -1.44. The fourth-order valence-corrected chi connectivity index (χ4v) is 3.88. The first-order valence-corrected chi connectivity index (χ1v) is 10.7. The molecule has 1 fully saturated rings. The average molecular weight is 471 g/mol. The van der Waals surface area contributed by atoms with Crippen LogP contribution in [0.1, 0.15) is 22.7 Å². The predicted octanol–water partition coefficient (Wildman–Crippen LogP) is 4.18.